The van der Waals surface area contributed by atoms with Crippen LogP contribution in [0.4, 0.5) is 17.1 Å². The number of nitrogens with zero attached hydrogens (tertiary/aromatic N) is 1. The third kappa shape index (κ3) is 2.26. The van der Waals surface area contributed by atoms with Crippen LogP contribution in [0.1, 0.15) is 0 Å². The summed E-state index contributed by atoms with van der Waals surface area (Å²) in [6, 6.07) is 11.1. The molecule has 0 radical (unpaired) electrons. The maximum Gasteiger partial charge on any atom is 0.0763 e. The number of hydrogen-bond acceptors (Lipinski definition) is 3. The summed E-state index contributed by atoms with van der Waals surface area (Å²) >= 11 is 12.3. The molecule has 0 bridgehead atoms. The molecule has 0 amide bonds. The Morgan fingerprint density at radius 1 is 1.00 bits per heavy atom. The molecule has 20 heavy (non-hydrogen) atoms. The number of halogens is 2. The third-order valence-corrected chi connectivity index (χ3v) is 3.71. The Labute approximate surface area is 126 Å². The Morgan fingerprint density at radius 2 is 1.75 bits per heavy atom. The molecule has 3 aromatic rings. The number of nitrogen functional groups attached to an aromatic ring is 1. The number of para-hydroxylation sites is 1. The van der Waals surface area contributed by atoms with E-state index in [0.29, 0.717) is 21.4 Å². The van der Waals surface area contributed by atoms with Crippen LogP contribution in [-0.2, 0) is 0 Å². The van der Waals surface area contributed by atoms with Crippen LogP contribution < -0.4 is 11.1 Å². The average Bonchev–Trinajstić information content (AvgIpc) is 2.45. The summed E-state index contributed by atoms with van der Waals surface area (Å²) in [5.41, 5.74) is 8.24. The van der Waals surface area contributed by atoms with Crippen molar-refractivity contribution in [3.8, 4) is 0 Å². The second kappa shape index (κ2) is 5.19. The van der Waals surface area contributed by atoms with Gasteiger partial charge < -0.3 is 11.1 Å². The van der Waals surface area contributed by atoms with E-state index in [0.717, 1.165) is 16.5 Å². The zero-order valence-corrected chi connectivity index (χ0v) is 11.9. The highest BCUT2D eigenvalue weighted by atomic mass is 35.5. The molecule has 0 aliphatic heterocycles. The quantitative estimate of drug-likeness (QED) is 0.664. The molecule has 100 valence electrons. The van der Waals surface area contributed by atoms with Crippen molar-refractivity contribution in [1.82, 2.24) is 4.98 Å². The van der Waals surface area contributed by atoms with Gasteiger partial charge in [0.2, 0.25) is 0 Å². The summed E-state index contributed by atoms with van der Waals surface area (Å²) < 4.78 is 0. The van der Waals surface area contributed by atoms with Gasteiger partial charge in [-0.3, -0.25) is 4.98 Å². The largest absolute Gasteiger partial charge is 0.397 e. The van der Waals surface area contributed by atoms with Gasteiger partial charge in [0.1, 0.15) is 0 Å². The minimum Gasteiger partial charge on any atom is -0.397 e. The molecule has 1 heterocycles. The molecule has 0 unspecified atom stereocenters. The molecule has 0 atom stereocenters. The summed E-state index contributed by atoms with van der Waals surface area (Å²) in [5, 5.41) is 6.21. The van der Waals surface area contributed by atoms with Crippen molar-refractivity contribution in [3.63, 3.8) is 0 Å². The summed E-state index contributed by atoms with van der Waals surface area (Å²) in [6.45, 7) is 0. The van der Waals surface area contributed by atoms with Crippen LogP contribution in [0.25, 0.3) is 10.8 Å². The van der Waals surface area contributed by atoms with Crippen LogP contribution in [0.15, 0.2) is 48.8 Å². The molecule has 1 aromatic heterocycles. The van der Waals surface area contributed by atoms with Crippen molar-refractivity contribution in [1.29, 1.82) is 0 Å². The summed E-state index contributed by atoms with van der Waals surface area (Å²) in [4.78, 5) is 4.08. The van der Waals surface area contributed by atoms with Crippen LogP contribution >= 0.6 is 23.2 Å². The summed E-state index contributed by atoms with van der Waals surface area (Å²) in [7, 11) is 0. The molecule has 0 saturated carbocycles. The predicted octanol–water partition coefficient (Wildman–Crippen LogP) is 4.87. The van der Waals surface area contributed by atoms with Gasteiger partial charge in [0, 0.05) is 23.2 Å². The fourth-order valence-electron chi connectivity index (χ4n) is 2.05. The monoisotopic (exact) mass is 303 g/mol. The number of aromatic nitrogens is 1. The predicted molar refractivity (Wildman–Crippen MR) is 85.9 cm³/mol. The van der Waals surface area contributed by atoms with Crippen LogP contribution in [0.2, 0.25) is 10.0 Å². The van der Waals surface area contributed by atoms with Crippen molar-refractivity contribution in [2.75, 3.05) is 11.1 Å². The van der Waals surface area contributed by atoms with Gasteiger partial charge in [0.25, 0.3) is 0 Å². The normalized spacial score (nSPS) is 10.7. The van der Waals surface area contributed by atoms with Gasteiger partial charge in [-0.15, -0.1) is 0 Å². The zero-order chi connectivity index (χ0) is 14.1. The lowest BCUT2D eigenvalue weighted by Crippen LogP contribution is -1.98. The molecule has 0 spiro atoms. The molecule has 2 aromatic carbocycles. The van der Waals surface area contributed by atoms with Gasteiger partial charge in [-0.2, -0.15) is 0 Å². The van der Waals surface area contributed by atoms with E-state index in [1.54, 1.807) is 30.6 Å². The van der Waals surface area contributed by atoms with E-state index in [4.69, 9.17) is 28.9 Å². The average molecular weight is 304 g/mol. The first kappa shape index (κ1) is 13.0. The van der Waals surface area contributed by atoms with Crippen molar-refractivity contribution >= 4 is 51.0 Å². The van der Waals surface area contributed by atoms with E-state index >= 15 is 0 Å². The lowest BCUT2D eigenvalue weighted by molar-refractivity contribution is 1.36. The highest BCUT2D eigenvalue weighted by molar-refractivity contribution is 6.39. The Hall–Kier alpha value is -1.97. The van der Waals surface area contributed by atoms with E-state index in [1.807, 2.05) is 18.2 Å². The molecule has 5 heteroatoms. The first-order valence-electron chi connectivity index (χ1n) is 6.00. The number of nitrogens with two attached hydrogens (primary N) is 1. The van der Waals surface area contributed by atoms with Gasteiger partial charge in [-0.1, -0.05) is 35.3 Å². The number of nitrogens with one attached hydrogen (secondary N) is 1. The summed E-state index contributed by atoms with van der Waals surface area (Å²) in [6.07, 6.45) is 3.49. The molecular weight excluding hydrogens is 293 g/mol. The molecule has 0 aliphatic carbocycles. The molecule has 0 fully saturated rings. The van der Waals surface area contributed by atoms with E-state index < -0.39 is 0 Å². The number of rotatable bonds is 2. The Balaban J connectivity index is 2.10. The maximum absolute atomic E-state index is 6.19. The molecule has 0 saturated heterocycles. The van der Waals surface area contributed by atoms with E-state index in [9.17, 15) is 0 Å². The number of hydrogen-bond donors (Lipinski definition) is 2. The molecular formula is C15H11Cl2N3. The standard InChI is InChI=1S/C15H11Cl2N3/c16-11-2-1-3-12(17)15(11)20-13-5-4-9-8-19-7-6-10(9)14(13)18/h1-8,20H,18H2. The fraction of sp³-hybridized carbons (Fsp3) is 0. The maximum atomic E-state index is 6.19. The SMILES string of the molecule is Nc1c(Nc2c(Cl)cccc2Cl)ccc2cnccc12. The van der Waals surface area contributed by atoms with Crippen molar-refractivity contribution in [2.45, 2.75) is 0 Å². The molecule has 3 rings (SSSR count). The van der Waals surface area contributed by atoms with E-state index in [-0.39, 0.29) is 0 Å². The van der Waals surface area contributed by atoms with Crippen LogP contribution in [-0.4, -0.2) is 4.98 Å². The fourth-order valence-corrected chi connectivity index (χ4v) is 2.55. The van der Waals surface area contributed by atoms with Gasteiger partial charge in [-0.05, 0) is 24.3 Å². The van der Waals surface area contributed by atoms with Crippen LogP contribution in [0.5, 0.6) is 0 Å². The Bertz CT molecular complexity index is 767. The lowest BCUT2D eigenvalue weighted by Gasteiger charge is -2.13. The minimum atomic E-state index is 0.548. The Kier molecular flexibility index (Phi) is 3.38. The molecule has 0 aliphatic rings. The topological polar surface area (TPSA) is 50.9 Å². The highest BCUT2D eigenvalue weighted by Gasteiger charge is 2.09. The first-order valence-corrected chi connectivity index (χ1v) is 6.75. The minimum absolute atomic E-state index is 0.548. The lowest BCUT2D eigenvalue weighted by atomic mass is 10.1. The van der Waals surface area contributed by atoms with Gasteiger partial charge in [-0.25, -0.2) is 0 Å². The Morgan fingerprint density at radius 3 is 2.50 bits per heavy atom. The number of pyridine rings is 1. The van der Waals surface area contributed by atoms with E-state index in [1.165, 1.54) is 0 Å². The van der Waals surface area contributed by atoms with Crippen LogP contribution in [0.3, 0.4) is 0 Å². The van der Waals surface area contributed by atoms with Gasteiger partial charge in [0.15, 0.2) is 0 Å². The zero-order valence-electron chi connectivity index (χ0n) is 10.4. The number of benzene rings is 2. The van der Waals surface area contributed by atoms with Gasteiger partial charge >= 0.3 is 0 Å². The van der Waals surface area contributed by atoms with Crippen molar-refractivity contribution < 1.29 is 0 Å². The van der Waals surface area contributed by atoms with Gasteiger partial charge in [0.05, 0.1) is 27.1 Å². The highest BCUT2D eigenvalue weighted by Crippen LogP contribution is 2.36. The second-order valence-corrected chi connectivity index (χ2v) is 5.16. The van der Waals surface area contributed by atoms with Crippen LogP contribution in [0, 0.1) is 0 Å². The third-order valence-electron chi connectivity index (χ3n) is 3.08. The smallest absolute Gasteiger partial charge is 0.0763 e. The summed E-state index contributed by atoms with van der Waals surface area (Å²) in [5.74, 6) is 0. The van der Waals surface area contributed by atoms with Crippen molar-refractivity contribution in [2.24, 2.45) is 0 Å². The molecule has 3 nitrogen and oxygen atoms in total. The number of fused-ring (bicyclic) bond motifs is 1. The van der Waals surface area contributed by atoms with Crippen molar-refractivity contribution in [3.05, 3.63) is 58.8 Å². The second-order valence-electron chi connectivity index (χ2n) is 4.35. The number of anilines is 3. The first-order chi connectivity index (χ1) is 9.66. The van der Waals surface area contributed by atoms with E-state index in [2.05, 4.69) is 10.3 Å². The molecule has 3 N–H and O–H groups in total.